The Morgan fingerprint density at radius 3 is 2.47 bits per heavy atom. The summed E-state index contributed by atoms with van der Waals surface area (Å²) in [6.07, 6.45) is -2.47. The molecule has 2 fully saturated rings. The molecule has 1 aliphatic carbocycles. The zero-order valence-corrected chi connectivity index (χ0v) is 22.7. The highest BCUT2D eigenvalue weighted by molar-refractivity contribution is 6.31. The van der Waals surface area contributed by atoms with Crippen LogP contribution < -0.4 is 15.1 Å². The van der Waals surface area contributed by atoms with Gasteiger partial charge >= 0.3 is 0 Å². The number of hydrogen-bond donors (Lipinski definition) is 2. The van der Waals surface area contributed by atoms with Crippen molar-refractivity contribution in [3.8, 4) is 6.07 Å². The fraction of sp³-hybridized carbons (Fsp3) is 0.286. The molecule has 15 heteroatoms. The Labute approximate surface area is 246 Å². The van der Waals surface area contributed by atoms with Crippen LogP contribution in [0.4, 0.5) is 29.2 Å². The Kier molecular flexibility index (Phi) is 8.04. The third-order valence-corrected chi connectivity index (χ3v) is 7.39. The molecular weight excluding hydrogens is 596 g/mol. The first-order valence-electron chi connectivity index (χ1n) is 12.8. The highest BCUT2D eigenvalue weighted by Crippen LogP contribution is 2.40. The van der Waals surface area contributed by atoms with Gasteiger partial charge in [-0.2, -0.15) is 5.26 Å². The smallest absolute Gasteiger partial charge is 0.259 e. The first kappa shape index (κ1) is 29.9. The predicted octanol–water partition coefficient (Wildman–Crippen LogP) is 3.43. The van der Waals surface area contributed by atoms with E-state index in [9.17, 15) is 42.3 Å². The van der Waals surface area contributed by atoms with Crippen molar-refractivity contribution in [1.29, 1.82) is 5.26 Å². The lowest BCUT2D eigenvalue weighted by Crippen LogP contribution is -2.56. The minimum absolute atomic E-state index is 0.0232. The lowest BCUT2D eigenvalue weighted by Gasteiger charge is -2.39. The number of rotatable bonds is 7. The topological polar surface area (TPSA) is 140 Å². The molecule has 2 heterocycles. The molecule has 2 N–H and O–H groups in total. The fourth-order valence-electron chi connectivity index (χ4n) is 5.09. The Morgan fingerprint density at radius 2 is 1.84 bits per heavy atom. The second-order valence-corrected chi connectivity index (χ2v) is 10.5. The van der Waals surface area contributed by atoms with Gasteiger partial charge < -0.3 is 10.4 Å². The number of anilines is 2. The number of nitriles is 1. The maximum atomic E-state index is 14.5. The summed E-state index contributed by atoms with van der Waals surface area (Å²) in [7, 11) is 0. The van der Waals surface area contributed by atoms with Gasteiger partial charge in [-0.15, -0.1) is 0 Å². The Morgan fingerprint density at radius 1 is 1.16 bits per heavy atom. The van der Waals surface area contributed by atoms with E-state index in [-0.39, 0.29) is 16.3 Å². The predicted molar refractivity (Wildman–Crippen MR) is 143 cm³/mol. The quantitative estimate of drug-likeness (QED) is 0.388. The molecule has 0 radical (unpaired) electrons. The van der Waals surface area contributed by atoms with Gasteiger partial charge in [-0.25, -0.2) is 27.5 Å². The molecule has 2 aliphatic rings. The molecule has 1 aliphatic heterocycles. The van der Waals surface area contributed by atoms with Crippen molar-refractivity contribution >= 4 is 41.0 Å². The lowest BCUT2D eigenvalue weighted by atomic mass is 9.87. The monoisotopic (exact) mass is 616 g/mol. The van der Waals surface area contributed by atoms with E-state index in [1.165, 1.54) is 30.3 Å². The Hall–Kier alpha value is -4.61. The zero-order valence-electron chi connectivity index (χ0n) is 21.9. The van der Waals surface area contributed by atoms with Crippen molar-refractivity contribution in [1.82, 2.24) is 15.3 Å². The average Bonchev–Trinajstić information content (AvgIpc) is 3.24. The van der Waals surface area contributed by atoms with Gasteiger partial charge in [0.1, 0.15) is 41.6 Å². The number of aliphatic hydroxyl groups is 1. The van der Waals surface area contributed by atoms with Gasteiger partial charge in [0, 0.05) is 48.2 Å². The van der Waals surface area contributed by atoms with Crippen molar-refractivity contribution in [2.45, 2.75) is 49.4 Å². The maximum Gasteiger partial charge on any atom is 0.259 e. The molecule has 2 aromatic carbocycles. The van der Waals surface area contributed by atoms with E-state index in [2.05, 4.69) is 15.3 Å². The maximum absolute atomic E-state index is 14.5. The first-order valence-corrected chi connectivity index (χ1v) is 13.2. The van der Waals surface area contributed by atoms with E-state index in [1.807, 2.05) is 0 Å². The van der Waals surface area contributed by atoms with Gasteiger partial charge in [0.25, 0.3) is 17.7 Å². The van der Waals surface area contributed by atoms with Gasteiger partial charge in [-0.3, -0.25) is 24.2 Å². The van der Waals surface area contributed by atoms with E-state index in [0.29, 0.717) is 11.0 Å². The molecule has 5 rings (SSSR count). The van der Waals surface area contributed by atoms with Crippen molar-refractivity contribution in [3.05, 3.63) is 82.6 Å². The summed E-state index contributed by atoms with van der Waals surface area (Å²) in [5, 5.41) is 22.1. The van der Waals surface area contributed by atoms with Crippen LogP contribution in [-0.4, -0.2) is 56.9 Å². The van der Waals surface area contributed by atoms with Gasteiger partial charge in [0.05, 0.1) is 5.69 Å². The number of aliphatic hydroxyl groups excluding tert-OH is 1. The molecule has 3 aromatic rings. The van der Waals surface area contributed by atoms with Crippen LogP contribution in [0.3, 0.4) is 0 Å². The lowest BCUT2D eigenvalue weighted by molar-refractivity contribution is -0.133. The summed E-state index contributed by atoms with van der Waals surface area (Å²) < 4.78 is 56.3. The average molecular weight is 617 g/mol. The van der Waals surface area contributed by atoms with Gasteiger partial charge in [0.15, 0.2) is 0 Å². The number of alkyl halides is 2. The Bertz CT molecular complexity index is 1630. The number of amides is 3. The van der Waals surface area contributed by atoms with Crippen LogP contribution in [0.25, 0.3) is 0 Å². The van der Waals surface area contributed by atoms with Crippen LogP contribution in [0, 0.1) is 23.0 Å². The van der Waals surface area contributed by atoms with E-state index in [0.717, 1.165) is 23.2 Å². The molecule has 43 heavy (non-hydrogen) atoms. The third-order valence-electron chi connectivity index (χ3n) is 7.04. The number of nitrogens with one attached hydrogen (secondary N) is 1. The zero-order chi connectivity index (χ0) is 31.1. The molecule has 3 atom stereocenters. The number of carbonyl (C=O) groups excluding carboxylic acids is 3. The molecule has 0 bridgehead atoms. The van der Waals surface area contributed by atoms with Gasteiger partial charge in [0.2, 0.25) is 11.9 Å². The van der Waals surface area contributed by atoms with Crippen LogP contribution in [-0.2, 0) is 14.4 Å². The van der Waals surface area contributed by atoms with E-state index in [1.54, 1.807) is 6.07 Å². The van der Waals surface area contributed by atoms with E-state index < -0.39 is 90.4 Å². The summed E-state index contributed by atoms with van der Waals surface area (Å²) in [5.41, 5.74) is -0.660. The normalized spacial score (nSPS) is 20.2. The molecule has 3 amide bonds. The molecule has 222 valence electrons. The summed E-state index contributed by atoms with van der Waals surface area (Å²) in [6.45, 7) is 0. The van der Waals surface area contributed by atoms with Crippen LogP contribution in [0.5, 0.6) is 0 Å². The molecule has 1 aromatic heterocycles. The summed E-state index contributed by atoms with van der Waals surface area (Å²) in [5.74, 6) is -8.76. The van der Waals surface area contributed by atoms with Crippen LogP contribution in [0.15, 0.2) is 54.7 Å². The Balaban J connectivity index is 1.65. The number of carbonyl (C=O) groups is 3. The van der Waals surface area contributed by atoms with E-state index in [4.69, 9.17) is 11.6 Å². The molecule has 10 nitrogen and oxygen atoms in total. The van der Waals surface area contributed by atoms with Gasteiger partial charge in [-0.1, -0.05) is 29.8 Å². The number of hydrogen-bond acceptors (Lipinski definition) is 7. The van der Waals surface area contributed by atoms with Crippen molar-refractivity contribution in [3.63, 3.8) is 0 Å². The molecule has 1 saturated carbocycles. The third kappa shape index (κ3) is 5.99. The van der Waals surface area contributed by atoms with Gasteiger partial charge in [-0.05, 0) is 24.3 Å². The molecule has 0 spiro atoms. The highest BCUT2D eigenvalue weighted by atomic mass is 35.5. The second kappa shape index (κ2) is 11.6. The molecule has 1 unspecified atom stereocenters. The molecule has 1 saturated heterocycles. The first-order chi connectivity index (χ1) is 20.4. The number of aromatic nitrogens is 2. The van der Waals surface area contributed by atoms with E-state index >= 15 is 0 Å². The van der Waals surface area contributed by atoms with Crippen molar-refractivity contribution in [2.75, 3.05) is 9.80 Å². The number of halogens is 5. The van der Waals surface area contributed by atoms with Crippen LogP contribution in [0.1, 0.15) is 36.6 Å². The summed E-state index contributed by atoms with van der Waals surface area (Å²) >= 11 is 6.41. The van der Waals surface area contributed by atoms with Crippen molar-refractivity contribution < 1.29 is 37.1 Å². The number of nitrogens with zero attached hydrogens (tertiary/aromatic N) is 5. The van der Waals surface area contributed by atoms with Crippen molar-refractivity contribution in [2.24, 2.45) is 0 Å². The van der Waals surface area contributed by atoms with Crippen LogP contribution >= 0.6 is 11.6 Å². The number of benzene rings is 2. The minimum Gasteiger partial charge on any atom is -0.383 e. The summed E-state index contributed by atoms with van der Waals surface area (Å²) in [6, 6.07) is 6.43. The fourth-order valence-corrected chi connectivity index (χ4v) is 5.33. The SMILES string of the molecule is N#Cc1ccnc(N2C(=O)[C@H](O)C[C@H]2C(=O)N(c2cc(F)cc(F)c2)C(C(=O)NC2CC(F)(F)C2)c2ccccc2Cl)n1. The minimum atomic E-state index is -3.00. The second-order valence-electron chi connectivity index (χ2n) is 10.1. The largest absolute Gasteiger partial charge is 0.383 e. The highest BCUT2D eigenvalue weighted by Gasteiger charge is 2.50. The van der Waals surface area contributed by atoms with Crippen LogP contribution in [0.2, 0.25) is 5.02 Å². The summed E-state index contributed by atoms with van der Waals surface area (Å²) in [4.78, 5) is 50.5. The standard InChI is InChI=1S/C28H21ClF4N6O4/c29-20-4-2-1-3-19(20)23(24(41)36-17-11-28(32,33)12-17)38(18-8-14(30)7-15(31)9-18)25(42)21-10-22(40)26(43)39(21)27-35-6-5-16(13-34)37-27/h1-9,17,21-23,40H,10-12H2,(H,36,41)/t21-,22+,23?/m0/s1. The molecular formula is C28H21ClF4N6O4.